The number of methoxy groups -OCH3 is 2. The molecule has 0 atom stereocenters. The topological polar surface area (TPSA) is 47.6 Å². The number of aryl methyl sites for hydroxylation is 1. The summed E-state index contributed by atoms with van der Waals surface area (Å²) >= 11 is 3.41. The van der Waals surface area contributed by atoms with E-state index in [1.165, 1.54) is 0 Å². The number of halogens is 1. The fourth-order valence-corrected chi connectivity index (χ4v) is 2.81. The van der Waals surface area contributed by atoms with E-state index in [9.17, 15) is 4.79 Å². The SMILES string of the molecule is COc1ccc(/C(C)=C/C(=O)Nc2ccc(Br)cc2C)c(OC)c1. The van der Waals surface area contributed by atoms with Crippen molar-refractivity contribution in [2.75, 3.05) is 19.5 Å². The van der Waals surface area contributed by atoms with Crippen LogP contribution in [0.2, 0.25) is 0 Å². The summed E-state index contributed by atoms with van der Waals surface area (Å²) in [6, 6.07) is 11.2. The minimum absolute atomic E-state index is 0.184. The van der Waals surface area contributed by atoms with E-state index in [0.717, 1.165) is 26.9 Å². The first-order valence-electron chi connectivity index (χ1n) is 7.42. The summed E-state index contributed by atoms with van der Waals surface area (Å²) in [5.41, 5.74) is 3.43. The molecule has 0 aliphatic heterocycles. The van der Waals surface area contributed by atoms with E-state index in [0.29, 0.717) is 11.5 Å². The van der Waals surface area contributed by atoms with Gasteiger partial charge in [0.05, 0.1) is 14.2 Å². The van der Waals surface area contributed by atoms with Crippen LogP contribution in [0, 0.1) is 6.92 Å². The van der Waals surface area contributed by atoms with E-state index < -0.39 is 0 Å². The van der Waals surface area contributed by atoms with Crippen LogP contribution in [0.1, 0.15) is 18.1 Å². The number of rotatable bonds is 5. The Bertz CT molecular complexity index is 784. The van der Waals surface area contributed by atoms with E-state index in [2.05, 4.69) is 21.2 Å². The van der Waals surface area contributed by atoms with Crippen LogP contribution in [0.3, 0.4) is 0 Å². The van der Waals surface area contributed by atoms with Crippen LogP contribution in [0.5, 0.6) is 11.5 Å². The maximum absolute atomic E-state index is 12.3. The van der Waals surface area contributed by atoms with Crippen molar-refractivity contribution >= 4 is 33.1 Å². The van der Waals surface area contributed by atoms with Gasteiger partial charge in [-0.15, -0.1) is 0 Å². The van der Waals surface area contributed by atoms with Crippen LogP contribution in [-0.2, 0) is 4.79 Å². The first kappa shape index (κ1) is 18.1. The highest BCUT2D eigenvalue weighted by atomic mass is 79.9. The molecule has 5 heteroatoms. The van der Waals surface area contributed by atoms with Gasteiger partial charge in [0.15, 0.2) is 0 Å². The molecule has 0 aliphatic carbocycles. The number of hydrogen-bond donors (Lipinski definition) is 1. The van der Waals surface area contributed by atoms with Gasteiger partial charge in [-0.25, -0.2) is 0 Å². The highest BCUT2D eigenvalue weighted by Gasteiger charge is 2.09. The maximum Gasteiger partial charge on any atom is 0.248 e. The number of nitrogens with one attached hydrogen (secondary N) is 1. The number of amides is 1. The van der Waals surface area contributed by atoms with Gasteiger partial charge in [-0.3, -0.25) is 4.79 Å². The zero-order valence-electron chi connectivity index (χ0n) is 14.1. The summed E-state index contributed by atoms with van der Waals surface area (Å²) in [6.07, 6.45) is 1.56. The summed E-state index contributed by atoms with van der Waals surface area (Å²) in [7, 11) is 3.20. The molecule has 0 saturated carbocycles. The average Bonchev–Trinajstić information content (AvgIpc) is 2.56. The molecule has 4 nitrogen and oxygen atoms in total. The van der Waals surface area contributed by atoms with Gasteiger partial charge < -0.3 is 14.8 Å². The number of carbonyl (C=O) groups is 1. The molecule has 0 aliphatic rings. The minimum Gasteiger partial charge on any atom is -0.497 e. The molecule has 0 bridgehead atoms. The second-order valence-corrected chi connectivity index (χ2v) is 6.26. The molecule has 1 amide bonds. The molecule has 2 aromatic carbocycles. The lowest BCUT2D eigenvalue weighted by atomic mass is 10.1. The Kier molecular flexibility index (Phi) is 6.04. The van der Waals surface area contributed by atoms with Crippen LogP contribution in [-0.4, -0.2) is 20.1 Å². The van der Waals surface area contributed by atoms with Crippen molar-refractivity contribution in [1.82, 2.24) is 0 Å². The lowest BCUT2D eigenvalue weighted by Crippen LogP contribution is -2.09. The van der Waals surface area contributed by atoms with Gasteiger partial charge in [-0.1, -0.05) is 15.9 Å². The van der Waals surface area contributed by atoms with Crippen molar-refractivity contribution in [3.05, 3.63) is 58.1 Å². The summed E-state index contributed by atoms with van der Waals surface area (Å²) in [4.78, 5) is 12.3. The number of ether oxygens (including phenoxy) is 2. The predicted molar refractivity (Wildman–Crippen MR) is 101 cm³/mol. The van der Waals surface area contributed by atoms with E-state index in [1.54, 1.807) is 26.4 Å². The van der Waals surface area contributed by atoms with Crippen LogP contribution in [0.15, 0.2) is 46.9 Å². The molecule has 0 aromatic heterocycles. The lowest BCUT2D eigenvalue weighted by molar-refractivity contribution is -0.111. The molecule has 0 spiro atoms. The highest BCUT2D eigenvalue weighted by Crippen LogP contribution is 2.30. The third-order valence-corrected chi connectivity index (χ3v) is 4.12. The summed E-state index contributed by atoms with van der Waals surface area (Å²) < 4.78 is 11.6. The average molecular weight is 390 g/mol. The van der Waals surface area contributed by atoms with Crippen LogP contribution in [0.25, 0.3) is 5.57 Å². The Balaban J connectivity index is 2.22. The summed E-state index contributed by atoms with van der Waals surface area (Å²) in [5, 5.41) is 2.90. The number of hydrogen-bond acceptors (Lipinski definition) is 3. The Morgan fingerprint density at radius 2 is 1.88 bits per heavy atom. The van der Waals surface area contributed by atoms with Gasteiger partial charge in [0.1, 0.15) is 11.5 Å². The van der Waals surface area contributed by atoms with Crippen LogP contribution < -0.4 is 14.8 Å². The Labute approximate surface area is 150 Å². The number of anilines is 1. The Hall–Kier alpha value is -2.27. The van der Waals surface area contributed by atoms with Gasteiger partial charge >= 0.3 is 0 Å². The van der Waals surface area contributed by atoms with Gasteiger partial charge in [-0.2, -0.15) is 0 Å². The smallest absolute Gasteiger partial charge is 0.248 e. The van der Waals surface area contributed by atoms with Gasteiger partial charge in [-0.05, 0) is 55.3 Å². The van der Waals surface area contributed by atoms with Crippen molar-refractivity contribution in [2.24, 2.45) is 0 Å². The molecule has 1 N–H and O–H groups in total. The van der Waals surface area contributed by atoms with E-state index in [4.69, 9.17) is 9.47 Å². The second kappa shape index (κ2) is 8.02. The lowest BCUT2D eigenvalue weighted by Gasteiger charge is -2.11. The quantitative estimate of drug-likeness (QED) is 0.745. The molecule has 2 aromatic rings. The third kappa shape index (κ3) is 4.38. The zero-order valence-corrected chi connectivity index (χ0v) is 15.7. The molecule has 0 fully saturated rings. The fraction of sp³-hybridized carbons (Fsp3) is 0.211. The molecular formula is C19H20BrNO3. The highest BCUT2D eigenvalue weighted by molar-refractivity contribution is 9.10. The third-order valence-electron chi connectivity index (χ3n) is 3.63. The van der Waals surface area contributed by atoms with Crippen LogP contribution in [0.4, 0.5) is 5.69 Å². The second-order valence-electron chi connectivity index (χ2n) is 5.34. The zero-order chi connectivity index (χ0) is 17.7. The van der Waals surface area contributed by atoms with E-state index in [-0.39, 0.29) is 5.91 Å². The Morgan fingerprint density at radius 3 is 2.50 bits per heavy atom. The Morgan fingerprint density at radius 1 is 1.12 bits per heavy atom. The molecule has 2 rings (SSSR count). The molecular weight excluding hydrogens is 370 g/mol. The molecule has 0 radical (unpaired) electrons. The van der Waals surface area contributed by atoms with Crippen molar-refractivity contribution in [3.8, 4) is 11.5 Å². The molecule has 0 unspecified atom stereocenters. The number of carbonyl (C=O) groups excluding carboxylic acids is 1. The molecule has 24 heavy (non-hydrogen) atoms. The van der Waals surface area contributed by atoms with Crippen LogP contribution >= 0.6 is 15.9 Å². The first-order chi connectivity index (χ1) is 11.4. The van der Waals surface area contributed by atoms with Crippen molar-refractivity contribution in [2.45, 2.75) is 13.8 Å². The monoisotopic (exact) mass is 389 g/mol. The van der Waals surface area contributed by atoms with Gasteiger partial charge in [0.2, 0.25) is 5.91 Å². The maximum atomic E-state index is 12.3. The van der Waals surface area contributed by atoms with Crippen molar-refractivity contribution in [3.63, 3.8) is 0 Å². The first-order valence-corrected chi connectivity index (χ1v) is 8.21. The van der Waals surface area contributed by atoms with E-state index >= 15 is 0 Å². The minimum atomic E-state index is -0.184. The predicted octanol–water partition coefficient (Wildman–Crippen LogP) is 4.82. The summed E-state index contributed by atoms with van der Waals surface area (Å²) in [5.74, 6) is 1.19. The normalized spacial score (nSPS) is 11.1. The number of benzene rings is 2. The largest absolute Gasteiger partial charge is 0.497 e. The molecule has 0 saturated heterocycles. The summed E-state index contributed by atoms with van der Waals surface area (Å²) in [6.45, 7) is 3.82. The molecule has 126 valence electrons. The van der Waals surface area contributed by atoms with E-state index in [1.807, 2.05) is 44.2 Å². The fourth-order valence-electron chi connectivity index (χ4n) is 2.33. The number of allylic oxidation sites excluding steroid dienone is 1. The van der Waals surface area contributed by atoms with Crippen molar-refractivity contribution < 1.29 is 14.3 Å². The molecule has 0 heterocycles. The van der Waals surface area contributed by atoms with Gasteiger partial charge in [0, 0.05) is 27.9 Å². The van der Waals surface area contributed by atoms with Gasteiger partial charge in [0.25, 0.3) is 0 Å². The van der Waals surface area contributed by atoms with Crippen molar-refractivity contribution in [1.29, 1.82) is 0 Å². The standard InChI is InChI=1S/C19H20BrNO3/c1-12(16-7-6-15(23-3)11-18(16)24-4)10-19(22)21-17-8-5-14(20)9-13(17)2/h5-11H,1-4H3,(H,21,22)/b12-10+.